The zero-order valence-electron chi connectivity index (χ0n) is 14.0. The van der Waals surface area contributed by atoms with Gasteiger partial charge in [-0.25, -0.2) is 0 Å². The maximum absolute atomic E-state index is 12.5. The van der Waals surface area contributed by atoms with Crippen molar-refractivity contribution in [1.29, 1.82) is 0 Å². The lowest BCUT2D eigenvalue weighted by atomic mass is 10.2. The van der Waals surface area contributed by atoms with Crippen molar-refractivity contribution >= 4 is 11.8 Å². The van der Waals surface area contributed by atoms with Crippen molar-refractivity contribution < 1.29 is 14.3 Å². The van der Waals surface area contributed by atoms with Crippen molar-refractivity contribution in [2.45, 2.75) is 20.0 Å². The Balaban J connectivity index is 1.81. The zero-order valence-corrected chi connectivity index (χ0v) is 14.0. The zero-order chi connectivity index (χ0) is 16.8. The van der Waals surface area contributed by atoms with Gasteiger partial charge >= 0.3 is 0 Å². The van der Waals surface area contributed by atoms with Gasteiger partial charge in [0, 0.05) is 33.2 Å². The predicted octanol–water partition coefficient (Wildman–Crippen LogP) is 0.653. The number of aryl methyl sites for hydroxylation is 1. The first-order valence-corrected chi connectivity index (χ1v) is 7.94. The Labute approximate surface area is 137 Å². The Bertz CT molecular complexity index is 537. The van der Waals surface area contributed by atoms with Crippen LogP contribution in [0.4, 0.5) is 0 Å². The summed E-state index contributed by atoms with van der Waals surface area (Å²) >= 11 is 0. The predicted molar refractivity (Wildman–Crippen MR) is 88.4 cm³/mol. The highest BCUT2D eigenvalue weighted by Crippen LogP contribution is 2.15. The van der Waals surface area contributed by atoms with Crippen LogP contribution in [0.5, 0.6) is 5.75 Å². The average molecular weight is 319 g/mol. The summed E-state index contributed by atoms with van der Waals surface area (Å²) in [5, 5.41) is 2.61. The van der Waals surface area contributed by atoms with Crippen LogP contribution in [0.2, 0.25) is 0 Å². The van der Waals surface area contributed by atoms with E-state index in [0.29, 0.717) is 38.5 Å². The molecule has 0 radical (unpaired) electrons. The van der Waals surface area contributed by atoms with Crippen LogP contribution in [-0.2, 0) is 9.59 Å². The standard InChI is InChI=1S/C17H25N3O3/c1-13-4-6-15(7-5-13)23-14(2)17(22)20-10-8-19(9-11-20)12-16(21)18-3/h4-7,14H,8-12H2,1-3H3,(H,18,21)/t14-/m1/s1. The molecule has 1 saturated heterocycles. The van der Waals surface area contributed by atoms with E-state index in [-0.39, 0.29) is 11.8 Å². The molecule has 0 aliphatic carbocycles. The largest absolute Gasteiger partial charge is 0.481 e. The molecule has 6 heteroatoms. The normalized spacial score (nSPS) is 16.7. The molecule has 1 aromatic rings. The van der Waals surface area contributed by atoms with E-state index < -0.39 is 6.10 Å². The van der Waals surface area contributed by atoms with E-state index in [1.54, 1.807) is 18.9 Å². The van der Waals surface area contributed by atoms with E-state index in [2.05, 4.69) is 5.32 Å². The molecule has 1 atom stereocenters. The number of nitrogens with one attached hydrogen (secondary N) is 1. The van der Waals surface area contributed by atoms with Crippen LogP contribution < -0.4 is 10.1 Å². The molecule has 2 amide bonds. The fourth-order valence-corrected chi connectivity index (χ4v) is 2.54. The molecule has 23 heavy (non-hydrogen) atoms. The minimum absolute atomic E-state index is 0.000786. The number of ether oxygens (including phenoxy) is 1. The Hall–Kier alpha value is -2.08. The third-order valence-corrected chi connectivity index (χ3v) is 4.01. The summed E-state index contributed by atoms with van der Waals surface area (Å²) in [5.41, 5.74) is 1.16. The quantitative estimate of drug-likeness (QED) is 0.866. The first kappa shape index (κ1) is 17.3. The molecule has 1 N–H and O–H groups in total. The first-order valence-electron chi connectivity index (χ1n) is 7.94. The highest BCUT2D eigenvalue weighted by molar-refractivity contribution is 5.81. The van der Waals surface area contributed by atoms with Crippen molar-refractivity contribution in [2.24, 2.45) is 0 Å². The minimum Gasteiger partial charge on any atom is -0.481 e. The number of nitrogens with zero attached hydrogens (tertiary/aromatic N) is 2. The third kappa shape index (κ3) is 4.96. The monoisotopic (exact) mass is 319 g/mol. The summed E-state index contributed by atoms with van der Waals surface area (Å²) in [4.78, 5) is 27.7. The van der Waals surface area contributed by atoms with Gasteiger partial charge in [-0.05, 0) is 26.0 Å². The van der Waals surface area contributed by atoms with Crippen LogP contribution in [0.15, 0.2) is 24.3 Å². The minimum atomic E-state index is -0.511. The third-order valence-electron chi connectivity index (χ3n) is 4.01. The molecular formula is C17H25N3O3. The van der Waals surface area contributed by atoms with Crippen LogP contribution in [0.3, 0.4) is 0 Å². The maximum Gasteiger partial charge on any atom is 0.263 e. The fraction of sp³-hybridized carbons (Fsp3) is 0.529. The molecule has 1 aliphatic heterocycles. The van der Waals surface area contributed by atoms with Gasteiger partial charge in [0.2, 0.25) is 5.91 Å². The summed E-state index contributed by atoms with van der Waals surface area (Å²) in [6, 6.07) is 7.68. The number of amides is 2. The second-order valence-corrected chi connectivity index (χ2v) is 5.85. The number of likely N-dealkylation sites (N-methyl/N-ethyl adjacent to an activating group) is 1. The van der Waals surface area contributed by atoms with Gasteiger partial charge in [0.15, 0.2) is 6.10 Å². The highest BCUT2D eigenvalue weighted by atomic mass is 16.5. The van der Waals surface area contributed by atoms with Crippen LogP contribution >= 0.6 is 0 Å². The van der Waals surface area contributed by atoms with E-state index in [0.717, 1.165) is 5.56 Å². The molecule has 0 aromatic heterocycles. The van der Waals surface area contributed by atoms with Crippen molar-refractivity contribution in [2.75, 3.05) is 39.8 Å². The van der Waals surface area contributed by atoms with E-state index in [9.17, 15) is 9.59 Å². The summed E-state index contributed by atoms with van der Waals surface area (Å²) in [5.74, 6) is 0.695. The molecule has 6 nitrogen and oxygen atoms in total. The number of rotatable bonds is 5. The second kappa shape index (κ2) is 7.97. The summed E-state index contributed by atoms with van der Waals surface area (Å²) in [6.07, 6.45) is -0.511. The van der Waals surface area contributed by atoms with E-state index >= 15 is 0 Å². The van der Waals surface area contributed by atoms with Crippen LogP contribution in [0.1, 0.15) is 12.5 Å². The van der Waals surface area contributed by atoms with Gasteiger partial charge in [0.05, 0.1) is 6.54 Å². The lowest BCUT2D eigenvalue weighted by Crippen LogP contribution is -2.53. The summed E-state index contributed by atoms with van der Waals surface area (Å²) in [7, 11) is 1.63. The molecule has 1 aromatic carbocycles. The lowest BCUT2D eigenvalue weighted by Gasteiger charge is -2.35. The molecule has 0 bridgehead atoms. The molecule has 1 aliphatic rings. The molecule has 1 heterocycles. The van der Waals surface area contributed by atoms with Gasteiger partial charge in [-0.3, -0.25) is 14.5 Å². The SMILES string of the molecule is CNC(=O)CN1CCN(C(=O)[C@@H](C)Oc2ccc(C)cc2)CC1. The van der Waals surface area contributed by atoms with Gasteiger partial charge in [0.1, 0.15) is 5.75 Å². The number of hydrogen-bond acceptors (Lipinski definition) is 4. The fourth-order valence-electron chi connectivity index (χ4n) is 2.54. The smallest absolute Gasteiger partial charge is 0.263 e. The van der Waals surface area contributed by atoms with E-state index in [1.165, 1.54) is 0 Å². The Morgan fingerprint density at radius 1 is 1.17 bits per heavy atom. The maximum atomic E-state index is 12.5. The highest BCUT2D eigenvalue weighted by Gasteiger charge is 2.26. The van der Waals surface area contributed by atoms with E-state index in [1.807, 2.05) is 36.1 Å². The number of piperazine rings is 1. The average Bonchev–Trinajstić information content (AvgIpc) is 2.56. The number of hydrogen-bond donors (Lipinski definition) is 1. The van der Waals surface area contributed by atoms with Gasteiger partial charge in [-0.2, -0.15) is 0 Å². The van der Waals surface area contributed by atoms with Crippen molar-refractivity contribution in [3.63, 3.8) is 0 Å². The molecule has 0 spiro atoms. The Kier molecular flexibility index (Phi) is 5.98. The summed E-state index contributed by atoms with van der Waals surface area (Å²) in [6.45, 7) is 6.82. The molecule has 2 rings (SSSR count). The van der Waals surface area contributed by atoms with Gasteiger partial charge in [-0.15, -0.1) is 0 Å². The van der Waals surface area contributed by atoms with Crippen LogP contribution in [0, 0.1) is 6.92 Å². The van der Waals surface area contributed by atoms with Gasteiger partial charge < -0.3 is 15.0 Å². The molecule has 0 unspecified atom stereocenters. The van der Waals surface area contributed by atoms with Gasteiger partial charge in [0.25, 0.3) is 5.91 Å². The molecule has 126 valence electrons. The number of carbonyl (C=O) groups is 2. The Morgan fingerprint density at radius 2 is 1.78 bits per heavy atom. The number of benzene rings is 1. The molecule has 1 fully saturated rings. The molecule has 0 saturated carbocycles. The van der Waals surface area contributed by atoms with Crippen molar-refractivity contribution in [3.8, 4) is 5.75 Å². The van der Waals surface area contributed by atoms with Crippen LogP contribution in [-0.4, -0.2) is 67.5 Å². The van der Waals surface area contributed by atoms with Gasteiger partial charge in [-0.1, -0.05) is 17.7 Å². The number of carbonyl (C=O) groups excluding carboxylic acids is 2. The topological polar surface area (TPSA) is 61.9 Å². The van der Waals surface area contributed by atoms with E-state index in [4.69, 9.17) is 4.74 Å². The second-order valence-electron chi connectivity index (χ2n) is 5.85. The van der Waals surface area contributed by atoms with Crippen molar-refractivity contribution in [1.82, 2.24) is 15.1 Å². The molecular weight excluding hydrogens is 294 g/mol. The lowest BCUT2D eigenvalue weighted by molar-refractivity contribution is -0.139. The summed E-state index contributed by atoms with van der Waals surface area (Å²) < 4.78 is 5.72. The Morgan fingerprint density at radius 3 is 2.35 bits per heavy atom. The van der Waals surface area contributed by atoms with Crippen molar-refractivity contribution in [3.05, 3.63) is 29.8 Å². The first-order chi connectivity index (χ1) is 11.0. The van der Waals surface area contributed by atoms with Crippen LogP contribution in [0.25, 0.3) is 0 Å².